The van der Waals surface area contributed by atoms with Gasteiger partial charge in [-0.3, -0.25) is 0 Å². The number of aliphatic hydroxyl groups is 1. The zero-order chi connectivity index (χ0) is 22.7. The third-order valence-corrected chi connectivity index (χ3v) is 5.64. The number of hydrogen-bond acceptors (Lipinski definition) is 8. The number of ether oxygens (including phenoxy) is 1. The minimum absolute atomic E-state index is 0.191. The van der Waals surface area contributed by atoms with E-state index < -0.39 is 11.2 Å². The van der Waals surface area contributed by atoms with Gasteiger partial charge in [0, 0.05) is 29.1 Å². The van der Waals surface area contributed by atoms with Gasteiger partial charge in [0.25, 0.3) is 0 Å². The SMILES string of the molecule is CCC(O)(CC)c1nnc(NCc2ccc3c(-c4ccccc4OC)cc(=O)oc3c2)o1. The zero-order valence-corrected chi connectivity index (χ0v) is 18.2. The third-order valence-electron chi connectivity index (χ3n) is 5.64. The number of hydrogen-bond donors (Lipinski definition) is 2. The monoisotopic (exact) mass is 435 g/mol. The van der Waals surface area contributed by atoms with Crippen LogP contribution in [0, 0.1) is 0 Å². The number of benzene rings is 2. The molecular weight excluding hydrogens is 410 g/mol. The van der Waals surface area contributed by atoms with Crippen molar-refractivity contribution in [1.29, 1.82) is 0 Å². The minimum atomic E-state index is -1.13. The van der Waals surface area contributed by atoms with Gasteiger partial charge >= 0.3 is 11.6 Å². The van der Waals surface area contributed by atoms with Crippen molar-refractivity contribution in [1.82, 2.24) is 10.2 Å². The molecule has 8 heteroatoms. The molecule has 0 fully saturated rings. The van der Waals surface area contributed by atoms with Crippen molar-refractivity contribution in [3.63, 3.8) is 0 Å². The van der Waals surface area contributed by atoms with Crippen LogP contribution >= 0.6 is 0 Å². The van der Waals surface area contributed by atoms with Crippen molar-refractivity contribution in [2.45, 2.75) is 38.8 Å². The van der Waals surface area contributed by atoms with E-state index in [4.69, 9.17) is 13.6 Å². The highest BCUT2D eigenvalue weighted by molar-refractivity contribution is 5.95. The Hall–Kier alpha value is -3.65. The highest BCUT2D eigenvalue weighted by Gasteiger charge is 2.31. The van der Waals surface area contributed by atoms with E-state index in [2.05, 4.69) is 15.5 Å². The molecule has 4 aromatic rings. The summed E-state index contributed by atoms with van der Waals surface area (Å²) in [6.07, 6.45) is 0.951. The van der Waals surface area contributed by atoms with E-state index >= 15 is 0 Å². The summed E-state index contributed by atoms with van der Waals surface area (Å²) in [7, 11) is 1.60. The number of nitrogens with zero attached hydrogens (tertiary/aromatic N) is 2. The lowest BCUT2D eigenvalue weighted by atomic mass is 9.98. The summed E-state index contributed by atoms with van der Waals surface area (Å²) in [6, 6.07) is 14.9. The topological polar surface area (TPSA) is 111 Å². The van der Waals surface area contributed by atoms with Gasteiger partial charge in [-0.2, -0.15) is 0 Å². The lowest BCUT2D eigenvalue weighted by Gasteiger charge is -2.19. The van der Waals surface area contributed by atoms with E-state index in [0.29, 0.717) is 30.7 Å². The van der Waals surface area contributed by atoms with Gasteiger partial charge in [-0.1, -0.05) is 49.3 Å². The molecular formula is C24H25N3O5. The Kier molecular flexibility index (Phi) is 5.96. The molecule has 0 spiro atoms. The molecule has 2 N–H and O–H groups in total. The molecule has 32 heavy (non-hydrogen) atoms. The van der Waals surface area contributed by atoms with E-state index in [-0.39, 0.29) is 11.9 Å². The number of anilines is 1. The fraction of sp³-hybridized carbons (Fsp3) is 0.292. The molecule has 8 nitrogen and oxygen atoms in total. The van der Waals surface area contributed by atoms with Gasteiger partial charge in [0.2, 0.25) is 5.89 Å². The van der Waals surface area contributed by atoms with E-state index in [1.165, 1.54) is 6.07 Å². The first-order chi connectivity index (χ1) is 15.5. The van der Waals surface area contributed by atoms with Crippen molar-refractivity contribution in [3.05, 3.63) is 70.4 Å². The van der Waals surface area contributed by atoms with Crippen molar-refractivity contribution in [2.75, 3.05) is 12.4 Å². The van der Waals surface area contributed by atoms with Crippen LogP contribution in [0.3, 0.4) is 0 Å². The lowest BCUT2D eigenvalue weighted by Crippen LogP contribution is -2.23. The number of methoxy groups -OCH3 is 1. The third kappa shape index (κ3) is 4.09. The van der Waals surface area contributed by atoms with E-state index in [9.17, 15) is 9.90 Å². The molecule has 0 atom stereocenters. The van der Waals surface area contributed by atoms with E-state index in [1.807, 2.05) is 50.2 Å². The highest BCUT2D eigenvalue weighted by Crippen LogP contribution is 2.34. The maximum atomic E-state index is 12.2. The van der Waals surface area contributed by atoms with Gasteiger partial charge < -0.3 is 24.0 Å². The number of nitrogens with one attached hydrogen (secondary N) is 1. The Morgan fingerprint density at radius 2 is 1.81 bits per heavy atom. The van der Waals surface area contributed by atoms with Crippen LogP contribution < -0.4 is 15.7 Å². The largest absolute Gasteiger partial charge is 0.496 e. The summed E-state index contributed by atoms with van der Waals surface area (Å²) in [4.78, 5) is 12.2. The average molecular weight is 435 g/mol. The molecule has 166 valence electrons. The Bertz CT molecular complexity index is 1290. The smallest absolute Gasteiger partial charge is 0.336 e. The van der Waals surface area contributed by atoms with Crippen LogP contribution in [0.2, 0.25) is 0 Å². The molecule has 2 heterocycles. The van der Waals surface area contributed by atoms with Gasteiger partial charge in [0.05, 0.1) is 7.11 Å². The van der Waals surface area contributed by atoms with Crippen LogP contribution in [0.5, 0.6) is 5.75 Å². The summed E-state index contributed by atoms with van der Waals surface area (Å²) in [5, 5.41) is 22.3. The Labute approximate surface area is 184 Å². The first-order valence-electron chi connectivity index (χ1n) is 10.5. The summed E-state index contributed by atoms with van der Waals surface area (Å²) in [5.74, 6) is 0.868. The van der Waals surface area contributed by atoms with Gasteiger partial charge in [-0.25, -0.2) is 4.79 Å². The maximum absolute atomic E-state index is 12.2. The molecule has 0 aliphatic heterocycles. The molecule has 0 saturated carbocycles. The Morgan fingerprint density at radius 1 is 1.03 bits per heavy atom. The highest BCUT2D eigenvalue weighted by atomic mass is 16.5. The number of para-hydroxylation sites is 1. The molecule has 0 unspecified atom stereocenters. The van der Waals surface area contributed by atoms with Crippen LogP contribution in [-0.4, -0.2) is 22.4 Å². The number of aromatic nitrogens is 2. The molecule has 0 aliphatic carbocycles. The van der Waals surface area contributed by atoms with Crippen LogP contribution in [-0.2, 0) is 12.1 Å². The molecule has 0 radical (unpaired) electrons. The van der Waals surface area contributed by atoms with Gasteiger partial charge in [0.1, 0.15) is 16.9 Å². The number of rotatable bonds is 8. The quantitative estimate of drug-likeness (QED) is 0.390. The van der Waals surface area contributed by atoms with E-state index in [0.717, 1.165) is 22.1 Å². The first-order valence-corrected chi connectivity index (χ1v) is 10.5. The van der Waals surface area contributed by atoms with Gasteiger partial charge in [-0.05, 0) is 30.5 Å². The van der Waals surface area contributed by atoms with Crippen LogP contribution in [0.1, 0.15) is 38.1 Å². The fourth-order valence-electron chi connectivity index (χ4n) is 3.62. The summed E-state index contributed by atoms with van der Waals surface area (Å²) >= 11 is 0. The first kappa shape index (κ1) is 21.6. The molecule has 4 rings (SSSR count). The second-order valence-corrected chi connectivity index (χ2v) is 7.51. The molecule has 2 aromatic carbocycles. The second kappa shape index (κ2) is 8.84. The second-order valence-electron chi connectivity index (χ2n) is 7.51. The summed E-state index contributed by atoms with van der Waals surface area (Å²) < 4.78 is 16.5. The summed E-state index contributed by atoms with van der Waals surface area (Å²) in [6.45, 7) is 4.10. The summed E-state index contributed by atoms with van der Waals surface area (Å²) in [5.41, 5.74) is 1.32. The lowest BCUT2D eigenvalue weighted by molar-refractivity contribution is 0.00206. The van der Waals surface area contributed by atoms with Crippen LogP contribution in [0.15, 0.2) is 62.2 Å². The van der Waals surface area contributed by atoms with Gasteiger partial charge in [-0.15, -0.1) is 5.10 Å². The Balaban J connectivity index is 1.61. The molecule has 0 aliphatic rings. The predicted molar refractivity (Wildman–Crippen MR) is 121 cm³/mol. The normalized spacial score (nSPS) is 11.6. The molecule has 0 bridgehead atoms. The Morgan fingerprint density at radius 3 is 2.56 bits per heavy atom. The van der Waals surface area contributed by atoms with Crippen molar-refractivity contribution in [2.24, 2.45) is 0 Å². The predicted octanol–water partition coefficient (Wildman–Crippen LogP) is 4.47. The fourth-order valence-corrected chi connectivity index (χ4v) is 3.62. The average Bonchev–Trinajstić information content (AvgIpc) is 3.31. The van der Waals surface area contributed by atoms with Crippen LogP contribution in [0.25, 0.3) is 22.1 Å². The number of fused-ring (bicyclic) bond motifs is 1. The van der Waals surface area contributed by atoms with Crippen molar-refractivity contribution in [3.8, 4) is 16.9 Å². The standard InChI is InChI=1S/C24H25N3O5/c1-4-24(29,5-2)22-26-27-23(32-22)25-14-15-10-11-17-18(13-21(28)31-20(17)12-15)16-8-6-7-9-19(16)30-3/h6-13,29H,4-5,14H2,1-3H3,(H,25,27). The molecule has 2 aromatic heterocycles. The zero-order valence-electron chi connectivity index (χ0n) is 18.2. The van der Waals surface area contributed by atoms with Crippen LogP contribution in [0.4, 0.5) is 6.01 Å². The van der Waals surface area contributed by atoms with E-state index in [1.54, 1.807) is 13.2 Å². The minimum Gasteiger partial charge on any atom is -0.496 e. The van der Waals surface area contributed by atoms with Crippen molar-refractivity contribution < 1.29 is 18.7 Å². The van der Waals surface area contributed by atoms with Gasteiger partial charge in [0.15, 0.2) is 0 Å². The van der Waals surface area contributed by atoms with Crippen molar-refractivity contribution >= 4 is 17.0 Å². The maximum Gasteiger partial charge on any atom is 0.336 e. The molecule has 0 amide bonds. The molecule has 0 saturated heterocycles.